The van der Waals surface area contributed by atoms with Crippen molar-refractivity contribution < 1.29 is 0 Å². The van der Waals surface area contributed by atoms with Gasteiger partial charge in [-0.1, -0.05) is 79.1 Å². The minimum Gasteiger partial charge on any atom is -0.311 e. The molecule has 0 aromatic rings. The van der Waals surface area contributed by atoms with Crippen LogP contribution in [0, 0.1) is 5.41 Å². The summed E-state index contributed by atoms with van der Waals surface area (Å²) in [5.74, 6) is 0. The van der Waals surface area contributed by atoms with Crippen LogP contribution in [0.1, 0.15) is 105 Å². The van der Waals surface area contributed by atoms with Gasteiger partial charge < -0.3 is 5.32 Å². The van der Waals surface area contributed by atoms with Gasteiger partial charge in [-0.25, -0.2) is 0 Å². The average Bonchev–Trinajstić information content (AvgIpc) is 2.41. The zero-order chi connectivity index (χ0) is 14.8. The smallest absolute Gasteiger partial charge is 0.0121 e. The van der Waals surface area contributed by atoms with Gasteiger partial charge in [-0.05, 0) is 31.1 Å². The average molecular weight is 282 g/mol. The van der Waals surface area contributed by atoms with Crippen LogP contribution in [-0.2, 0) is 0 Å². The normalized spacial score (nSPS) is 22.4. The highest BCUT2D eigenvalue weighted by Gasteiger charge is 2.33. The first-order valence-corrected chi connectivity index (χ1v) is 9.36. The number of nitrogens with one attached hydrogen (secondary N) is 1. The zero-order valence-electron chi connectivity index (χ0n) is 14.6. The number of unbranched alkanes of at least 4 members (excludes halogenated alkanes) is 4. The summed E-state index contributed by atoms with van der Waals surface area (Å²) in [6, 6.07) is 1.53. The summed E-state index contributed by atoms with van der Waals surface area (Å²) in [6.45, 7) is 9.56. The summed E-state index contributed by atoms with van der Waals surface area (Å²) in [4.78, 5) is 0. The molecule has 1 atom stereocenters. The van der Waals surface area contributed by atoms with E-state index in [-0.39, 0.29) is 0 Å². The Hall–Kier alpha value is -0.0400. The second-order valence-electron chi connectivity index (χ2n) is 7.64. The molecule has 1 rings (SSSR count). The molecule has 0 amide bonds. The molecular formula is C19H39N. The van der Waals surface area contributed by atoms with Crippen molar-refractivity contribution in [3.05, 3.63) is 0 Å². The van der Waals surface area contributed by atoms with Crippen LogP contribution < -0.4 is 5.32 Å². The molecule has 1 unspecified atom stereocenters. The summed E-state index contributed by atoms with van der Waals surface area (Å²) in [7, 11) is 0. The Bertz CT molecular complexity index is 224. The van der Waals surface area contributed by atoms with Crippen LogP contribution in [0.15, 0.2) is 0 Å². The van der Waals surface area contributed by atoms with Gasteiger partial charge in [0.1, 0.15) is 0 Å². The first-order chi connectivity index (χ1) is 9.60. The van der Waals surface area contributed by atoms with Gasteiger partial charge in [-0.15, -0.1) is 0 Å². The quantitative estimate of drug-likeness (QED) is 0.479. The van der Waals surface area contributed by atoms with E-state index in [2.05, 4.69) is 33.0 Å². The molecule has 1 aliphatic carbocycles. The number of rotatable bonds is 10. The second kappa shape index (κ2) is 9.82. The molecule has 0 aliphatic heterocycles. The molecule has 0 aromatic heterocycles. The van der Waals surface area contributed by atoms with Gasteiger partial charge in [0.15, 0.2) is 0 Å². The molecular weight excluding hydrogens is 242 g/mol. The van der Waals surface area contributed by atoms with Gasteiger partial charge in [0.05, 0.1) is 0 Å². The summed E-state index contributed by atoms with van der Waals surface area (Å²) in [6.07, 6.45) is 16.8. The molecule has 0 aromatic carbocycles. The first kappa shape index (κ1) is 18.0. The minimum atomic E-state index is 0.506. The third kappa shape index (κ3) is 6.61. The van der Waals surface area contributed by atoms with Crippen LogP contribution >= 0.6 is 0 Å². The molecule has 1 fully saturated rings. The largest absolute Gasteiger partial charge is 0.311 e. The zero-order valence-corrected chi connectivity index (χ0v) is 14.6. The molecule has 20 heavy (non-hydrogen) atoms. The fourth-order valence-corrected chi connectivity index (χ4v) is 3.68. The molecule has 0 radical (unpaired) electrons. The third-order valence-electron chi connectivity index (χ3n) is 5.26. The lowest BCUT2D eigenvalue weighted by Crippen LogP contribution is -2.48. The standard InChI is InChI=1S/C19H39N/c1-5-7-9-13-17(14-10-8-6-2)20-18-15-11-12-16-19(18,3)4/h17-18,20H,5-16H2,1-4H3. The molecule has 0 bridgehead atoms. The lowest BCUT2D eigenvalue weighted by atomic mass is 9.73. The summed E-state index contributed by atoms with van der Waals surface area (Å²) in [5, 5.41) is 4.06. The monoisotopic (exact) mass is 281 g/mol. The van der Waals surface area contributed by atoms with E-state index in [1.165, 1.54) is 77.0 Å². The van der Waals surface area contributed by atoms with Gasteiger partial charge in [0.25, 0.3) is 0 Å². The lowest BCUT2D eigenvalue weighted by molar-refractivity contribution is 0.150. The van der Waals surface area contributed by atoms with Gasteiger partial charge in [-0.2, -0.15) is 0 Å². The van der Waals surface area contributed by atoms with Crippen molar-refractivity contribution in [2.45, 2.75) is 117 Å². The highest BCUT2D eigenvalue weighted by atomic mass is 15.0. The molecule has 0 spiro atoms. The maximum Gasteiger partial charge on any atom is 0.0121 e. The van der Waals surface area contributed by atoms with Crippen molar-refractivity contribution in [1.29, 1.82) is 0 Å². The maximum absolute atomic E-state index is 4.06. The lowest BCUT2D eigenvalue weighted by Gasteiger charge is -2.41. The highest BCUT2D eigenvalue weighted by molar-refractivity contribution is 4.89. The van der Waals surface area contributed by atoms with E-state index in [9.17, 15) is 0 Å². The predicted molar refractivity (Wildman–Crippen MR) is 91.2 cm³/mol. The molecule has 120 valence electrons. The Morgan fingerprint density at radius 3 is 2.05 bits per heavy atom. The van der Waals surface area contributed by atoms with E-state index in [1.54, 1.807) is 0 Å². The second-order valence-corrected chi connectivity index (χ2v) is 7.64. The van der Waals surface area contributed by atoms with Crippen molar-refractivity contribution in [1.82, 2.24) is 5.32 Å². The highest BCUT2D eigenvalue weighted by Crippen LogP contribution is 2.36. The van der Waals surface area contributed by atoms with Gasteiger partial charge in [0.2, 0.25) is 0 Å². The van der Waals surface area contributed by atoms with Gasteiger partial charge >= 0.3 is 0 Å². The number of hydrogen-bond donors (Lipinski definition) is 1. The van der Waals surface area contributed by atoms with E-state index >= 15 is 0 Å². The predicted octanol–water partition coefficient (Wildman–Crippen LogP) is 6.07. The fourth-order valence-electron chi connectivity index (χ4n) is 3.68. The van der Waals surface area contributed by atoms with E-state index in [0.717, 1.165) is 12.1 Å². The maximum atomic E-state index is 4.06. The van der Waals surface area contributed by atoms with Crippen molar-refractivity contribution in [3.63, 3.8) is 0 Å². The van der Waals surface area contributed by atoms with Crippen LogP contribution in [0.2, 0.25) is 0 Å². The van der Waals surface area contributed by atoms with Crippen LogP contribution in [0.3, 0.4) is 0 Å². The van der Waals surface area contributed by atoms with Crippen molar-refractivity contribution in [2.75, 3.05) is 0 Å². The minimum absolute atomic E-state index is 0.506. The van der Waals surface area contributed by atoms with Crippen LogP contribution in [0.4, 0.5) is 0 Å². The van der Waals surface area contributed by atoms with E-state index in [4.69, 9.17) is 0 Å². The fraction of sp³-hybridized carbons (Fsp3) is 1.00. The Balaban J connectivity index is 2.43. The van der Waals surface area contributed by atoms with Crippen LogP contribution in [-0.4, -0.2) is 12.1 Å². The van der Waals surface area contributed by atoms with Crippen molar-refractivity contribution in [2.24, 2.45) is 5.41 Å². The topological polar surface area (TPSA) is 12.0 Å². The SMILES string of the molecule is CCCCCC(CCCCC)NC1CCCCC1(C)C. The van der Waals surface area contributed by atoms with E-state index < -0.39 is 0 Å². The van der Waals surface area contributed by atoms with Gasteiger partial charge in [0, 0.05) is 12.1 Å². The molecule has 1 N–H and O–H groups in total. The summed E-state index contributed by atoms with van der Waals surface area (Å²) in [5.41, 5.74) is 0.506. The Morgan fingerprint density at radius 2 is 1.55 bits per heavy atom. The first-order valence-electron chi connectivity index (χ1n) is 9.36. The summed E-state index contributed by atoms with van der Waals surface area (Å²) >= 11 is 0. The van der Waals surface area contributed by atoms with E-state index in [0.29, 0.717) is 5.41 Å². The van der Waals surface area contributed by atoms with Crippen LogP contribution in [0.5, 0.6) is 0 Å². The third-order valence-corrected chi connectivity index (χ3v) is 5.26. The molecule has 1 heteroatoms. The molecule has 1 aliphatic rings. The molecule has 1 nitrogen and oxygen atoms in total. The molecule has 1 saturated carbocycles. The number of hydrogen-bond acceptors (Lipinski definition) is 1. The Morgan fingerprint density at radius 1 is 0.950 bits per heavy atom. The Kier molecular flexibility index (Phi) is 8.84. The summed E-state index contributed by atoms with van der Waals surface area (Å²) < 4.78 is 0. The Labute approximate surface area is 128 Å². The van der Waals surface area contributed by atoms with Crippen molar-refractivity contribution in [3.8, 4) is 0 Å². The van der Waals surface area contributed by atoms with Crippen molar-refractivity contribution >= 4 is 0 Å². The molecule has 0 heterocycles. The molecule has 0 saturated heterocycles. The van der Waals surface area contributed by atoms with Gasteiger partial charge in [-0.3, -0.25) is 0 Å². The van der Waals surface area contributed by atoms with E-state index in [1.807, 2.05) is 0 Å². The van der Waals surface area contributed by atoms with Crippen LogP contribution in [0.25, 0.3) is 0 Å².